The highest BCUT2D eigenvalue weighted by atomic mass is 35.5. The summed E-state index contributed by atoms with van der Waals surface area (Å²) < 4.78 is 93.4. The van der Waals surface area contributed by atoms with Gasteiger partial charge in [-0.05, 0) is 49.3 Å². The molecule has 0 aromatic heterocycles. The van der Waals surface area contributed by atoms with Crippen molar-refractivity contribution < 1.29 is 39.9 Å². The van der Waals surface area contributed by atoms with Gasteiger partial charge in [-0.1, -0.05) is 17.7 Å². The molecule has 0 spiro atoms. The standard InChI is InChI=1S/C24H24ClF3N2O6S2/c1-2-5-37(33,34)29-12-24(32)14-7-15(24)9-17(8-14)38(35,36)21-6-13(3-4-18(21)25)23(31)30-16-10-19(26)22(28)20(27)11-16/h2-4,6,10-11,14-15,17,29,32H,1,5,7-9,12H2,(H,30,31)/t14?,15?,17-,24-. The first-order chi connectivity index (χ1) is 17.7. The van der Waals surface area contributed by atoms with Crippen LogP contribution in [0.1, 0.15) is 29.6 Å². The van der Waals surface area contributed by atoms with Crippen LogP contribution in [0.5, 0.6) is 0 Å². The van der Waals surface area contributed by atoms with Gasteiger partial charge >= 0.3 is 0 Å². The number of carbonyl (C=O) groups excluding carboxylic acids is 1. The maximum Gasteiger partial charge on any atom is 0.255 e. The van der Waals surface area contributed by atoms with Crippen molar-refractivity contribution in [3.05, 3.63) is 71.0 Å². The molecule has 3 N–H and O–H groups in total. The summed E-state index contributed by atoms with van der Waals surface area (Å²) in [5, 5.41) is 12.1. The average molecular weight is 593 g/mol. The summed E-state index contributed by atoms with van der Waals surface area (Å²) in [4.78, 5) is 12.3. The van der Waals surface area contributed by atoms with Gasteiger partial charge in [0.15, 0.2) is 27.3 Å². The summed E-state index contributed by atoms with van der Waals surface area (Å²) in [5.74, 6) is -6.89. The number of carbonyl (C=O) groups is 1. The normalized spacial score (nSPS) is 24.9. The first kappa shape index (κ1) is 28.6. The number of anilines is 1. The number of sulfone groups is 1. The fraction of sp³-hybridized carbons (Fsp3) is 0.375. The third-order valence-corrected chi connectivity index (χ3v) is 11.1. The molecule has 2 aromatic carbocycles. The lowest BCUT2D eigenvalue weighted by molar-refractivity contribution is -0.170. The number of hydrogen-bond acceptors (Lipinski definition) is 6. The average Bonchev–Trinajstić information content (AvgIpc) is 2.85. The van der Waals surface area contributed by atoms with Crippen LogP contribution < -0.4 is 10.0 Å². The highest BCUT2D eigenvalue weighted by molar-refractivity contribution is 7.92. The summed E-state index contributed by atoms with van der Waals surface area (Å²) in [5.41, 5.74) is -1.93. The second-order valence-corrected chi connectivity index (χ2v) is 14.0. The van der Waals surface area contributed by atoms with E-state index >= 15 is 0 Å². The zero-order valence-corrected chi connectivity index (χ0v) is 22.1. The molecule has 1 amide bonds. The van der Waals surface area contributed by atoms with Crippen molar-refractivity contribution >= 4 is 43.1 Å². The number of rotatable bonds is 9. The number of benzene rings is 2. The largest absolute Gasteiger partial charge is 0.388 e. The lowest BCUT2D eigenvalue weighted by Gasteiger charge is -2.58. The highest BCUT2D eigenvalue weighted by Crippen LogP contribution is 2.55. The number of nitrogens with one attached hydrogen (secondary N) is 2. The SMILES string of the molecule is C=CCS(=O)(=O)NC[C@]1(O)C2CC1C[C@@H](S(=O)(=O)c1cc(C(=O)Nc3cc(F)c(F)c(F)c3)ccc1Cl)C2. The van der Waals surface area contributed by atoms with E-state index in [1.54, 1.807) is 0 Å². The molecule has 2 atom stereocenters. The van der Waals surface area contributed by atoms with Gasteiger partial charge in [0.2, 0.25) is 10.0 Å². The van der Waals surface area contributed by atoms with Crippen molar-refractivity contribution in [1.29, 1.82) is 0 Å². The van der Waals surface area contributed by atoms with Crippen LogP contribution in [0.2, 0.25) is 5.02 Å². The molecule has 0 radical (unpaired) electrons. The van der Waals surface area contributed by atoms with Crippen molar-refractivity contribution in [2.24, 2.45) is 11.8 Å². The molecule has 206 valence electrons. The summed E-state index contributed by atoms with van der Waals surface area (Å²) in [6.45, 7) is 3.13. The van der Waals surface area contributed by atoms with Crippen LogP contribution in [-0.2, 0) is 19.9 Å². The predicted molar refractivity (Wildman–Crippen MR) is 134 cm³/mol. The van der Waals surface area contributed by atoms with Crippen molar-refractivity contribution in [3.8, 4) is 0 Å². The van der Waals surface area contributed by atoms with E-state index in [1.165, 1.54) is 18.2 Å². The molecular weight excluding hydrogens is 569 g/mol. The molecule has 5 rings (SSSR count). The Morgan fingerprint density at radius 3 is 2.26 bits per heavy atom. The third-order valence-electron chi connectivity index (χ3n) is 7.17. The Hall–Kier alpha value is -2.45. The molecule has 0 saturated heterocycles. The van der Waals surface area contributed by atoms with E-state index in [-0.39, 0.29) is 46.3 Å². The molecule has 8 nitrogen and oxygen atoms in total. The minimum atomic E-state index is -4.09. The van der Waals surface area contributed by atoms with Crippen molar-refractivity contribution in [2.75, 3.05) is 17.6 Å². The number of fused-ring (bicyclic) bond motifs is 2. The molecule has 2 aromatic rings. The molecule has 3 aliphatic carbocycles. The first-order valence-electron chi connectivity index (χ1n) is 11.5. The van der Waals surface area contributed by atoms with Gasteiger partial charge in [0.25, 0.3) is 5.91 Å². The van der Waals surface area contributed by atoms with E-state index in [9.17, 15) is 39.9 Å². The van der Waals surface area contributed by atoms with Crippen molar-refractivity contribution in [2.45, 2.75) is 35.0 Å². The molecule has 2 bridgehead atoms. The highest BCUT2D eigenvalue weighted by Gasteiger charge is 2.60. The van der Waals surface area contributed by atoms with Crippen LogP contribution in [0.3, 0.4) is 0 Å². The van der Waals surface area contributed by atoms with Gasteiger partial charge < -0.3 is 10.4 Å². The molecular formula is C24H24ClF3N2O6S2. The van der Waals surface area contributed by atoms with Crippen LogP contribution >= 0.6 is 11.6 Å². The Kier molecular flexibility index (Phi) is 7.71. The zero-order chi connectivity index (χ0) is 28.0. The Bertz CT molecular complexity index is 1480. The van der Waals surface area contributed by atoms with Crippen LogP contribution in [0.15, 0.2) is 47.9 Å². The Labute approximate surface area is 222 Å². The van der Waals surface area contributed by atoms with Gasteiger partial charge in [0, 0.05) is 29.9 Å². The molecule has 3 aliphatic rings. The van der Waals surface area contributed by atoms with E-state index < -0.39 is 65.9 Å². The maximum absolute atomic E-state index is 13.5. The third kappa shape index (κ3) is 5.34. The molecule has 14 heteroatoms. The van der Waals surface area contributed by atoms with Crippen LogP contribution in [0.4, 0.5) is 18.9 Å². The quantitative estimate of drug-likeness (QED) is 0.302. The molecule has 0 heterocycles. The molecule has 2 unspecified atom stereocenters. The second-order valence-electron chi connectivity index (χ2n) is 9.50. The smallest absolute Gasteiger partial charge is 0.255 e. The maximum atomic E-state index is 13.5. The number of amides is 1. The first-order valence-corrected chi connectivity index (χ1v) is 15.1. The lowest BCUT2D eigenvalue weighted by atomic mass is 9.54. The van der Waals surface area contributed by atoms with Gasteiger partial charge in [-0.25, -0.2) is 34.7 Å². The molecule has 0 aliphatic heterocycles. The number of sulfonamides is 1. The van der Waals surface area contributed by atoms with E-state index in [0.717, 1.165) is 6.07 Å². The Balaban J connectivity index is 1.51. The van der Waals surface area contributed by atoms with E-state index in [1.807, 2.05) is 0 Å². The van der Waals surface area contributed by atoms with Gasteiger partial charge in [-0.2, -0.15) is 0 Å². The van der Waals surface area contributed by atoms with Crippen molar-refractivity contribution in [1.82, 2.24) is 4.72 Å². The second kappa shape index (κ2) is 10.3. The Morgan fingerprint density at radius 2 is 1.68 bits per heavy atom. The van der Waals surface area contributed by atoms with Crippen LogP contribution in [0, 0.1) is 29.3 Å². The van der Waals surface area contributed by atoms with E-state index in [0.29, 0.717) is 18.6 Å². The van der Waals surface area contributed by atoms with Crippen LogP contribution in [-0.4, -0.2) is 51.0 Å². The minimum absolute atomic E-state index is 0.0550. The van der Waals surface area contributed by atoms with E-state index in [4.69, 9.17) is 11.6 Å². The van der Waals surface area contributed by atoms with Crippen molar-refractivity contribution in [3.63, 3.8) is 0 Å². The van der Waals surface area contributed by atoms with Gasteiger partial charge in [-0.15, -0.1) is 6.58 Å². The lowest BCUT2D eigenvalue weighted by Crippen LogP contribution is -2.66. The Morgan fingerprint density at radius 1 is 1.08 bits per heavy atom. The zero-order valence-electron chi connectivity index (χ0n) is 19.8. The summed E-state index contributed by atoms with van der Waals surface area (Å²) in [7, 11) is -7.76. The van der Waals surface area contributed by atoms with E-state index in [2.05, 4.69) is 16.6 Å². The van der Waals surface area contributed by atoms with Gasteiger partial charge in [0.1, 0.15) is 0 Å². The number of halogens is 4. The fourth-order valence-corrected chi connectivity index (χ4v) is 8.39. The monoisotopic (exact) mass is 592 g/mol. The summed E-state index contributed by atoms with van der Waals surface area (Å²) in [6.07, 6.45) is 1.86. The van der Waals surface area contributed by atoms with Crippen LogP contribution in [0.25, 0.3) is 0 Å². The molecule has 3 saturated carbocycles. The minimum Gasteiger partial charge on any atom is -0.388 e. The fourth-order valence-electron chi connectivity index (χ4n) is 5.11. The summed E-state index contributed by atoms with van der Waals surface area (Å²) >= 11 is 6.17. The summed E-state index contributed by atoms with van der Waals surface area (Å²) in [6, 6.07) is 4.62. The number of aliphatic hydroxyl groups is 1. The number of hydrogen-bond donors (Lipinski definition) is 3. The van der Waals surface area contributed by atoms with Gasteiger partial charge in [0.05, 0.1) is 26.5 Å². The molecule has 3 fully saturated rings. The predicted octanol–water partition coefficient (Wildman–Crippen LogP) is 3.42. The molecule has 38 heavy (non-hydrogen) atoms. The van der Waals surface area contributed by atoms with Gasteiger partial charge in [-0.3, -0.25) is 4.79 Å². The topological polar surface area (TPSA) is 130 Å².